The fourth-order valence-corrected chi connectivity index (χ4v) is 3.12. The molecule has 0 radical (unpaired) electrons. The van der Waals surface area contributed by atoms with Crippen LogP contribution in [0.3, 0.4) is 0 Å². The molecule has 0 rings (SSSR count). The summed E-state index contributed by atoms with van der Waals surface area (Å²) in [5, 5.41) is 22.4. The molecule has 0 atom stereocenters. The first-order valence-electron chi connectivity index (χ1n) is 11.0. The number of aliphatic hydroxyl groups is 2. The van der Waals surface area contributed by atoms with Crippen molar-refractivity contribution in [1.82, 2.24) is 10.6 Å². The van der Waals surface area contributed by atoms with Crippen LogP contribution >= 0.6 is 0 Å². The van der Waals surface area contributed by atoms with E-state index < -0.39 is 6.29 Å². The Labute approximate surface area is 161 Å². The van der Waals surface area contributed by atoms with Crippen molar-refractivity contribution in [2.24, 2.45) is 0 Å². The average Bonchev–Trinajstić information content (AvgIpc) is 2.62. The van der Waals surface area contributed by atoms with Gasteiger partial charge in [-0.15, -0.1) is 0 Å². The molecule has 26 heavy (non-hydrogen) atoms. The molecule has 0 aromatic rings. The highest BCUT2D eigenvalue weighted by Gasteiger charge is 2.01. The number of carbonyl (C=O) groups is 1. The first kappa shape index (κ1) is 25.2. The molecular formula is C21H44N2O3. The van der Waals surface area contributed by atoms with E-state index in [0.717, 1.165) is 12.8 Å². The second-order valence-electron chi connectivity index (χ2n) is 7.42. The topological polar surface area (TPSA) is 81.6 Å². The van der Waals surface area contributed by atoms with Gasteiger partial charge in [0.25, 0.3) is 0 Å². The lowest BCUT2D eigenvalue weighted by Gasteiger charge is -2.08. The molecule has 0 aromatic carbocycles. The summed E-state index contributed by atoms with van der Waals surface area (Å²) in [5.74, 6) is 0. The van der Waals surface area contributed by atoms with Crippen molar-refractivity contribution < 1.29 is 15.0 Å². The highest BCUT2D eigenvalue weighted by atomic mass is 16.5. The quantitative estimate of drug-likeness (QED) is 0.193. The zero-order valence-electron chi connectivity index (χ0n) is 17.1. The maximum Gasteiger partial charge on any atom is 0.314 e. The number of aliphatic hydroxyl groups excluding tert-OH is 1. The van der Waals surface area contributed by atoms with Crippen LogP contribution < -0.4 is 10.6 Å². The number of rotatable bonds is 19. The predicted molar refractivity (Wildman–Crippen MR) is 109 cm³/mol. The summed E-state index contributed by atoms with van der Waals surface area (Å²) < 4.78 is 0. The third-order valence-corrected chi connectivity index (χ3v) is 4.76. The number of urea groups is 1. The smallest absolute Gasteiger partial charge is 0.314 e. The van der Waals surface area contributed by atoms with E-state index in [1.807, 2.05) is 0 Å². The van der Waals surface area contributed by atoms with Crippen molar-refractivity contribution in [2.75, 3.05) is 13.1 Å². The lowest BCUT2D eigenvalue weighted by molar-refractivity contribution is -0.0352. The maximum atomic E-state index is 11.3. The van der Waals surface area contributed by atoms with Gasteiger partial charge in [-0.05, 0) is 6.42 Å². The fraction of sp³-hybridized carbons (Fsp3) is 0.952. The summed E-state index contributed by atoms with van der Waals surface area (Å²) in [5.41, 5.74) is 0. The number of nitrogens with one attached hydrogen (secondary N) is 2. The Balaban J connectivity index is 3.08. The molecule has 2 amide bonds. The molecule has 0 saturated carbocycles. The van der Waals surface area contributed by atoms with E-state index in [-0.39, 0.29) is 12.6 Å². The van der Waals surface area contributed by atoms with Crippen molar-refractivity contribution in [3.63, 3.8) is 0 Å². The first-order valence-corrected chi connectivity index (χ1v) is 11.0. The van der Waals surface area contributed by atoms with Gasteiger partial charge in [0.05, 0.1) is 6.54 Å². The Hall–Kier alpha value is -0.810. The summed E-state index contributed by atoms with van der Waals surface area (Å²) in [6.07, 6.45) is 19.9. The second kappa shape index (κ2) is 20.5. The zero-order valence-corrected chi connectivity index (χ0v) is 17.1. The molecule has 0 spiro atoms. The molecule has 0 heterocycles. The van der Waals surface area contributed by atoms with Crippen LogP contribution in [0.15, 0.2) is 0 Å². The molecule has 156 valence electrons. The number of unbranched alkanes of at least 4 members (excludes halogenated alkanes) is 15. The van der Waals surface area contributed by atoms with Gasteiger partial charge in [0.2, 0.25) is 0 Å². The average molecular weight is 373 g/mol. The standard InChI is InChI=1S/C21H44N2O3/c1-2-3-4-5-6-7-8-9-10-11-12-13-14-15-16-17-18-22-21(26)23-19-20(24)25/h20,24-25H,2-19H2,1H3,(H2,22,23,26). The molecule has 0 aliphatic heterocycles. The Morgan fingerprint density at radius 1 is 0.654 bits per heavy atom. The molecule has 0 aliphatic rings. The summed E-state index contributed by atoms with van der Waals surface area (Å²) in [4.78, 5) is 11.3. The normalized spacial score (nSPS) is 11.1. The molecule has 0 aliphatic carbocycles. The summed E-state index contributed by atoms with van der Waals surface area (Å²) >= 11 is 0. The lowest BCUT2D eigenvalue weighted by atomic mass is 10.0. The third kappa shape index (κ3) is 21.2. The zero-order chi connectivity index (χ0) is 19.3. The predicted octanol–water partition coefficient (Wildman–Crippen LogP) is 4.86. The van der Waals surface area contributed by atoms with Crippen molar-refractivity contribution in [1.29, 1.82) is 0 Å². The van der Waals surface area contributed by atoms with E-state index in [2.05, 4.69) is 17.6 Å². The van der Waals surface area contributed by atoms with Crippen LogP contribution in [0, 0.1) is 0 Å². The molecule has 4 N–H and O–H groups in total. The van der Waals surface area contributed by atoms with E-state index in [4.69, 9.17) is 10.2 Å². The number of hydrogen-bond donors (Lipinski definition) is 4. The van der Waals surface area contributed by atoms with Crippen LogP contribution in [0.2, 0.25) is 0 Å². The molecular weight excluding hydrogens is 328 g/mol. The third-order valence-electron chi connectivity index (χ3n) is 4.76. The molecule has 0 aromatic heterocycles. The minimum atomic E-state index is -1.49. The van der Waals surface area contributed by atoms with Gasteiger partial charge in [0.15, 0.2) is 6.29 Å². The number of hydrogen-bond acceptors (Lipinski definition) is 3. The fourth-order valence-electron chi connectivity index (χ4n) is 3.12. The van der Waals surface area contributed by atoms with Crippen LogP contribution in [0.4, 0.5) is 4.79 Å². The molecule has 0 saturated heterocycles. The van der Waals surface area contributed by atoms with Crippen molar-refractivity contribution >= 4 is 6.03 Å². The first-order chi connectivity index (χ1) is 12.7. The van der Waals surface area contributed by atoms with Gasteiger partial charge in [-0.1, -0.05) is 103 Å². The van der Waals surface area contributed by atoms with Gasteiger partial charge in [-0.3, -0.25) is 0 Å². The van der Waals surface area contributed by atoms with Crippen LogP contribution in [0.25, 0.3) is 0 Å². The number of carbonyl (C=O) groups excluding carboxylic acids is 1. The second-order valence-corrected chi connectivity index (χ2v) is 7.42. The Kier molecular flexibility index (Phi) is 19.9. The van der Waals surface area contributed by atoms with Crippen LogP contribution in [-0.2, 0) is 0 Å². The maximum absolute atomic E-state index is 11.3. The van der Waals surface area contributed by atoms with Crippen molar-refractivity contribution in [2.45, 2.75) is 116 Å². The van der Waals surface area contributed by atoms with Gasteiger partial charge in [-0.2, -0.15) is 0 Å². The molecule has 0 fully saturated rings. The summed E-state index contributed by atoms with van der Waals surface area (Å²) in [6.45, 7) is 2.78. The van der Waals surface area contributed by atoms with Crippen molar-refractivity contribution in [3.05, 3.63) is 0 Å². The molecule has 5 heteroatoms. The highest BCUT2D eigenvalue weighted by Crippen LogP contribution is 2.13. The van der Waals surface area contributed by atoms with Crippen LogP contribution in [-0.4, -0.2) is 35.6 Å². The highest BCUT2D eigenvalue weighted by molar-refractivity contribution is 5.73. The van der Waals surface area contributed by atoms with Gasteiger partial charge >= 0.3 is 6.03 Å². The van der Waals surface area contributed by atoms with E-state index in [9.17, 15) is 4.79 Å². The van der Waals surface area contributed by atoms with Crippen LogP contribution in [0.5, 0.6) is 0 Å². The molecule has 5 nitrogen and oxygen atoms in total. The summed E-state index contributed by atoms with van der Waals surface area (Å²) in [7, 11) is 0. The Morgan fingerprint density at radius 2 is 1.04 bits per heavy atom. The van der Waals surface area contributed by atoms with Crippen molar-refractivity contribution in [3.8, 4) is 0 Å². The minimum absolute atomic E-state index is 0.134. The Morgan fingerprint density at radius 3 is 1.42 bits per heavy atom. The van der Waals surface area contributed by atoms with Crippen LogP contribution in [0.1, 0.15) is 110 Å². The molecule has 0 bridgehead atoms. The SMILES string of the molecule is CCCCCCCCCCCCCCCCCCNC(=O)NCC(O)O. The van der Waals surface area contributed by atoms with Gasteiger partial charge in [0, 0.05) is 6.54 Å². The largest absolute Gasteiger partial charge is 0.367 e. The van der Waals surface area contributed by atoms with Gasteiger partial charge < -0.3 is 20.8 Å². The molecule has 0 unspecified atom stereocenters. The minimum Gasteiger partial charge on any atom is -0.367 e. The van der Waals surface area contributed by atoms with Gasteiger partial charge in [0.1, 0.15) is 0 Å². The van der Waals surface area contributed by atoms with E-state index in [0.29, 0.717) is 6.54 Å². The lowest BCUT2D eigenvalue weighted by Crippen LogP contribution is -2.40. The van der Waals surface area contributed by atoms with E-state index in [1.165, 1.54) is 89.9 Å². The summed E-state index contributed by atoms with van der Waals surface area (Å²) in [6, 6.07) is -0.334. The van der Waals surface area contributed by atoms with Gasteiger partial charge in [-0.25, -0.2) is 4.79 Å². The number of amides is 2. The monoisotopic (exact) mass is 372 g/mol. The van der Waals surface area contributed by atoms with E-state index >= 15 is 0 Å². The Bertz CT molecular complexity index is 299. The van der Waals surface area contributed by atoms with E-state index in [1.54, 1.807) is 0 Å².